The summed E-state index contributed by atoms with van der Waals surface area (Å²) in [5.41, 5.74) is 5.06. The molecule has 0 fully saturated rings. The molecule has 0 aliphatic carbocycles. The number of aryl methyl sites for hydroxylation is 1. The topological polar surface area (TPSA) is 59.8 Å². The summed E-state index contributed by atoms with van der Waals surface area (Å²) in [6.45, 7) is 1.74. The molecule has 7 heteroatoms. The minimum atomic E-state index is -0.348. The van der Waals surface area contributed by atoms with Crippen LogP contribution in [0.25, 0.3) is 22.6 Å². The molecule has 4 rings (SSSR count). The van der Waals surface area contributed by atoms with Crippen LogP contribution in [0.15, 0.2) is 53.4 Å². The molecule has 0 unspecified atom stereocenters. The second-order valence-corrected chi connectivity index (χ2v) is 6.61. The van der Waals surface area contributed by atoms with Crippen LogP contribution in [0.5, 0.6) is 0 Å². The van der Waals surface area contributed by atoms with Crippen LogP contribution in [-0.4, -0.2) is 20.4 Å². The molecule has 2 aromatic carbocycles. The highest BCUT2D eigenvalue weighted by Crippen LogP contribution is 2.25. The van der Waals surface area contributed by atoms with Crippen molar-refractivity contribution in [2.24, 2.45) is 0 Å². The quantitative estimate of drug-likeness (QED) is 0.587. The number of carbonyl (C=O) groups is 1. The van der Waals surface area contributed by atoms with Gasteiger partial charge >= 0.3 is 0 Å². The van der Waals surface area contributed by atoms with Gasteiger partial charge in [0.05, 0.1) is 16.5 Å². The highest BCUT2D eigenvalue weighted by molar-refractivity contribution is 7.07. The third kappa shape index (κ3) is 3.09. The van der Waals surface area contributed by atoms with Gasteiger partial charge in [-0.05, 0) is 36.8 Å². The Hall–Kier alpha value is -3.06. The van der Waals surface area contributed by atoms with Crippen LogP contribution in [-0.2, 0) is 11.3 Å². The number of amides is 1. The summed E-state index contributed by atoms with van der Waals surface area (Å²) in [6.07, 6.45) is 0. The predicted molar refractivity (Wildman–Crippen MR) is 101 cm³/mol. The lowest BCUT2D eigenvalue weighted by Crippen LogP contribution is -2.19. The zero-order valence-electron chi connectivity index (χ0n) is 13.9. The van der Waals surface area contributed by atoms with Gasteiger partial charge in [0, 0.05) is 11.1 Å². The van der Waals surface area contributed by atoms with Crippen molar-refractivity contribution >= 4 is 34.0 Å². The zero-order valence-corrected chi connectivity index (χ0v) is 14.8. The van der Waals surface area contributed by atoms with Crippen molar-refractivity contribution in [3.63, 3.8) is 0 Å². The van der Waals surface area contributed by atoms with E-state index in [1.54, 1.807) is 24.6 Å². The van der Waals surface area contributed by atoms with Crippen LogP contribution in [0.3, 0.4) is 0 Å². The summed E-state index contributed by atoms with van der Waals surface area (Å²) in [4.78, 5) is 21.5. The first-order chi connectivity index (χ1) is 12.6. The monoisotopic (exact) mass is 366 g/mol. The van der Waals surface area contributed by atoms with Crippen LogP contribution in [0, 0.1) is 12.7 Å². The number of para-hydroxylation sites is 2. The number of hydrogen-bond donors (Lipinski definition) is 1. The molecule has 26 heavy (non-hydrogen) atoms. The summed E-state index contributed by atoms with van der Waals surface area (Å²) >= 11 is 1.47. The standard InChI is InChI=1S/C19H15FN4OS/c1-12-6-7-13(8-14(12)20)22-18(25)9-24-17-5-3-2-4-15(17)23-19(24)16-10-26-11-21-16/h2-8,10-11H,9H2,1H3,(H,22,25). The van der Waals surface area contributed by atoms with E-state index in [1.165, 1.54) is 17.4 Å². The van der Waals surface area contributed by atoms with Crippen molar-refractivity contribution in [1.82, 2.24) is 14.5 Å². The molecule has 0 aliphatic rings. The summed E-state index contributed by atoms with van der Waals surface area (Å²) in [5, 5.41) is 4.63. The molecule has 0 bridgehead atoms. The summed E-state index contributed by atoms with van der Waals surface area (Å²) in [5.74, 6) is 0.0321. The Bertz CT molecular complexity index is 1090. The second kappa shape index (κ2) is 6.68. The average molecular weight is 366 g/mol. The van der Waals surface area contributed by atoms with E-state index in [9.17, 15) is 9.18 Å². The summed E-state index contributed by atoms with van der Waals surface area (Å²) in [6, 6.07) is 12.3. The number of thiazole rings is 1. The lowest BCUT2D eigenvalue weighted by Gasteiger charge is -2.10. The summed E-state index contributed by atoms with van der Waals surface area (Å²) < 4.78 is 15.5. The maximum Gasteiger partial charge on any atom is 0.244 e. The van der Waals surface area contributed by atoms with Crippen LogP contribution in [0.4, 0.5) is 10.1 Å². The fourth-order valence-electron chi connectivity index (χ4n) is 2.77. The van der Waals surface area contributed by atoms with Crippen molar-refractivity contribution in [3.8, 4) is 11.5 Å². The van der Waals surface area contributed by atoms with Gasteiger partial charge in [-0.1, -0.05) is 18.2 Å². The molecule has 0 atom stereocenters. The number of nitrogens with zero attached hydrogens (tertiary/aromatic N) is 3. The Balaban J connectivity index is 1.66. The number of anilines is 1. The normalized spacial score (nSPS) is 11.0. The van der Waals surface area contributed by atoms with Crippen LogP contribution >= 0.6 is 11.3 Å². The minimum Gasteiger partial charge on any atom is -0.324 e. The molecular formula is C19H15FN4OS. The molecule has 4 aromatic rings. The van der Waals surface area contributed by atoms with E-state index in [2.05, 4.69) is 15.3 Å². The molecule has 2 aromatic heterocycles. The first-order valence-electron chi connectivity index (χ1n) is 8.01. The van der Waals surface area contributed by atoms with Gasteiger partial charge < -0.3 is 9.88 Å². The van der Waals surface area contributed by atoms with E-state index in [4.69, 9.17) is 0 Å². The largest absolute Gasteiger partial charge is 0.324 e. The van der Waals surface area contributed by atoms with E-state index in [1.807, 2.05) is 34.2 Å². The smallest absolute Gasteiger partial charge is 0.244 e. The number of halogens is 1. The van der Waals surface area contributed by atoms with Gasteiger partial charge in [-0.15, -0.1) is 11.3 Å². The van der Waals surface area contributed by atoms with Gasteiger partial charge in [0.2, 0.25) is 5.91 Å². The molecule has 0 aliphatic heterocycles. The average Bonchev–Trinajstić information content (AvgIpc) is 3.26. The second-order valence-electron chi connectivity index (χ2n) is 5.90. The molecule has 0 spiro atoms. The lowest BCUT2D eigenvalue weighted by molar-refractivity contribution is -0.116. The SMILES string of the molecule is Cc1ccc(NC(=O)Cn2c(-c3cscn3)nc3ccccc32)cc1F. The van der Waals surface area contributed by atoms with E-state index in [0.29, 0.717) is 17.1 Å². The number of carbonyl (C=O) groups excluding carboxylic acids is 1. The van der Waals surface area contributed by atoms with Crippen molar-refractivity contribution in [3.05, 3.63) is 64.7 Å². The third-order valence-corrected chi connectivity index (χ3v) is 4.66. The first kappa shape index (κ1) is 16.4. The number of aromatic nitrogens is 3. The fraction of sp³-hybridized carbons (Fsp3) is 0.105. The minimum absolute atomic E-state index is 0.0584. The van der Waals surface area contributed by atoms with Crippen molar-refractivity contribution < 1.29 is 9.18 Å². The fourth-order valence-corrected chi connectivity index (χ4v) is 3.30. The van der Waals surface area contributed by atoms with Gasteiger partial charge in [-0.25, -0.2) is 14.4 Å². The van der Waals surface area contributed by atoms with E-state index in [-0.39, 0.29) is 18.3 Å². The molecular weight excluding hydrogens is 351 g/mol. The molecule has 1 amide bonds. The first-order valence-corrected chi connectivity index (χ1v) is 8.96. The highest BCUT2D eigenvalue weighted by Gasteiger charge is 2.16. The Kier molecular flexibility index (Phi) is 4.22. The van der Waals surface area contributed by atoms with Crippen molar-refractivity contribution in [2.45, 2.75) is 13.5 Å². The number of rotatable bonds is 4. The highest BCUT2D eigenvalue weighted by atomic mass is 32.1. The number of fused-ring (bicyclic) bond motifs is 1. The molecule has 0 saturated carbocycles. The molecule has 130 valence electrons. The van der Waals surface area contributed by atoms with E-state index >= 15 is 0 Å². The molecule has 0 radical (unpaired) electrons. The maximum absolute atomic E-state index is 13.7. The van der Waals surface area contributed by atoms with Crippen molar-refractivity contribution in [2.75, 3.05) is 5.32 Å². The van der Waals surface area contributed by atoms with E-state index < -0.39 is 0 Å². The van der Waals surface area contributed by atoms with Gasteiger partial charge in [-0.3, -0.25) is 4.79 Å². The number of benzene rings is 2. The van der Waals surface area contributed by atoms with Gasteiger partial charge in [0.25, 0.3) is 0 Å². The Morgan fingerprint density at radius 1 is 1.27 bits per heavy atom. The maximum atomic E-state index is 13.7. The lowest BCUT2D eigenvalue weighted by atomic mass is 10.2. The third-order valence-electron chi connectivity index (χ3n) is 4.07. The number of hydrogen-bond acceptors (Lipinski definition) is 4. The Labute approximate surface area is 153 Å². The van der Waals surface area contributed by atoms with Crippen LogP contribution in [0.1, 0.15) is 5.56 Å². The number of imidazole rings is 1. The number of nitrogens with one attached hydrogen (secondary N) is 1. The molecule has 5 nitrogen and oxygen atoms in total. The van der Waals surface area contributed by atoms with Gasteiger partial charge in [0.15, 0.2) is 5.82 Å². The molecule has 1 N–H and O–H groups in total. The predicted octanol–water partition coefficient (Wildman–Crippen LogP) is 4.25. The van der Waals surface area contributed by atoms with Crippen molar-refractivity contribution in [1.29, 1.82) is 0 Å². The molecule has 0 saturated heterocycles. The van der Waals surface area contributed by atoms with Gasteiger partial charge in [0.1, 0.15) is 18.1 Å². The van der Waals surface area contributed by atoms with E-state index in [0.717, 1.165) is 16.7 Å². The van der Waals surface area contributed by atoms with Gasteiger partial charge in [-0.2, -0.15) is 0 Å². The Morgan fingerprint density at radius 3 is 2.88 bits per heavy atom. The van der Waals surface area contributed by atoms with Crippen LogP contribution in [0.2, 0.25) is 0 Å². The Morgan fingerprint density at radius 2 is 2.12 bits per heavy atom. The summed E-state index contributed by atoms with van der Waals surface area (Å²) in [7, 11) is 0. The molecule has 2 heterocycles. The zero-order chi connectivity index (χ0) is 18.1. The van der Waals surface area contributed by atoms with Crippen LogP contribution < -0.4 is 5.32 Å².